The first-order valence-corrected chi connectivity index (χ1v) is 24.4. The van der Waals surface area contributed by atoms with E-state index in [-0.39, 0.29) is 46.6 Å². The van der Waals surface area contributed by atoms with Crippen molar-refractivity contribution in [3.8, 4) is 0 Å². The lowest BCUT2D eigenvalue weighted by Crippen LogP contribution is -2.29. The molecule has 2 aliphatic rings. The van der Waals surface area contributed by atoms with Gasteiger partial charge in [-0.3, -0.25) is 28.3 Å². The Balaban J connectivity index is 0.000000170. The summed E-state index contributed by atoms with van der Waals surface area (Å²) in [5.74, 6) is -1.28. The van der Waals surface area contributed by atoms with E-state index in [1.807, 2.05) is 44.2 Å². The fraction of sp³-hybridized carbons (Fsp3) is 0.118. The quantitative estimate of drug-likeness (QED) is 0.0785. The molecule has 0 radical (unpaired) electrons. The molecule has 0 spiro atoms. The number of aliphatic hydroxyl groups excluding tert-OH is 1. The lowest BCUT2D eigenvalue weighted by atomic mass is 10.1. The number of hydrogen-bond acceptors (Lipinski definition) is 11. The van der Waals surface area contributed by atoms with Gasteiger partial charge in [-0.25, -0.2) is 18.2 Å². The minimum atomic E-state index is -3.81. The first-order chi connectivity index (χ1) is 32.1. The summed E-state index contributed by atoms with van der Waals surface area (Å²) in [7, 11) is -2.28. The molecule has 0 saturated carbocycles. The van der Waals surface area contributed by atoms with E-state index in [1.54, 1.807) is 122 Å². The molecule has 4 amide bonds. The van der Waals surface area contributed by atoms with Crippen LogP contribution in [0.2, 0.25) is 0 Å². The topological polar surface area (TPSA) is 185 Å². The van der Waals surface area contributed by atoms with Crippen LogP contribution >= 0.6 is 10.7 Å². The average Bonchev–Trinajstić information content (AvgIpc) is 3.74. The highest BCUT2D eigenvalue weighted by atomic mass is 35.7. The number of amides is 4. The molecule has 16 heteroatoms. The molecule has 1 N–H and O–H groups in total. The van der Waals surface area contributed by atoms with Crippen molar-refractivity contribution in [1.82, 2.24) is 4.98 Å². The minimum absolute atomic E-state index is 0.0113. The number of pyridine rings is 1. The van der Waals surface area contributed by atoms with Crippen molar-refractivity contribution in [3.05, 3.63) is 221 Å². The van der Waals surface area contributed by atoms with E-state index in [4.69, 9.17) is 20.0 Å². The Morgan fingerprint density at radius 3 is 1.19 bits per heavy atom. The number of anilines is 2. The van der Waals surface area contributed by atoms with Gasteiger partial charge < -0.3 is 5.11 Å². The zero-order valence-corrected chi connectivity index (χ0v) is 38.6. The molecule has 13 nitrogen and oxygen atoms in total. The summed E-state index contributed by atoms with van der Waals surface area (Å²) in [6, 6.07) is 46.0. The Bertz CT molecular complexity index is 2980. The second-order valence-electron chi connectivity index (χ2n) is 14.9. The van der Waals surface area contributed by atoms with E-state index in [2.05, 4.69) is 4.98 Å². The van der Waals surface area contributed by atoms with Gasteiger partial charge in [-0.2, -0.15) is 8.42 Å². The summed E-state index contributed by atoms with van der Waals surface area (Å²) in [5.41, 5.74) is 6.45. The van der Waals surface area contributed by atoms with Gasteiger partial charge in [-0.05, 0) is 123 Å². The maximum Gasteiger partial charge on any atom is 0.296 e. The number of aromatic nitrogens is 1. The van der Waals surface area contributed by atoms with Crippen LogP contribution in [0.1, 0.15) is 63.7 Å². The monoisotopic (exact) mass is 957 g/mol. The number of carbonyl (C=O) groups is 4. The second kappa shape index (κ2) is 22.4. The Morgan fingerprint density at radius 2 is 0.866 bits per heavy atom. The Morgan fingerprint density at radius 1 is 0.493 bits per heavy atom. The van der Waals surface area contributed by atoms with Crippen LogP contribution in [0.3, 0.4) is 0 Å². The van der Waals surface area contributed by atoms with Gasteiger partial charge in [-0.1, -0.05) is 90.0 Å². The highest BCUT2D eigenvalue weighted by molar-refractivity contribution is 8.13. The average molecular weight is 959 g/mol. The highest BCUT2D eigenvalue weighted by Crippen LogP contribution is 2.30. The van der Waals surface area contributed by atoms with E-state index in [0.29, 0.717) is 46.5 Å². The van der Waals surface area contributed by atoms with Crippen molar-refractivity contribution in [2.45, 2.75) is 36.5 Å². The first-order valence-electron chi connectivity index (χ1n) is 20.7. The van der Waals surface area contributed by atoms with Gasteiger partial charge in [0.1, 0.15) is 0 Å². The second-order valence-corrected chi connectivity index (χ2v) is 19.1. The van der Waals surface area contributed by atoms with Gasteiger partial charge in [0.2, 0.25) is 0 Å². The summed E-state index contributed by atoms with van der Waals surface area (Å²) >= 11 is 0. The van der Waals surface area contributed by atoms with Gasteiger partial charge in [0.25, 0.3) is 42.8 Å². The third kappa shape index (κ3) is 12.6. The standard InChI is InChI=1S/C23H19NO5S.C16H13NO3.C7H7ClO2S.C5H5N/c1-16-6-12-19(13-7-16)30(27,28)29-15-14-17-8-10-18(11-9-17)24-22(25)20-4-2-3-5-21(20)23(24)26;18-10-9-11-5-7-12(8-6-11)17-15(19)13-3-1-2-4-14(13)16(17)20;1-6-2-4-7(5-3-6)11(8,9)10;1-2-4-6-5-3-1/h2-13H,14-15H2,1H3;1-8,18H,9-10H2;2-5H,1H3;1-5H. The number of nitrogens with zero attached hydrogens (tertiary/aromatic N) is 3. The normalized spacial score (nSPS) is 12.8. The molecule has 6 aromatic carbocycles. The number of halogens is 1. The van der Waals surface area contributed by atoms with Crippen molar-refractivity contribution >= 4 is 64.9 Å². The fourth-order valence-corrected chi connectivity index (χ4v) is 8.33. The minimum Gasteiger partial charge on any atom is -0.396 e. The lowest BCUT2D eigenvalue weighted by Gasteiger charge is -2.14. The number of rotatable bonds is 10. The van der Waals surface area contributed by atoms with Gasteiger partial charge in [-0.15, -0.1) is 0 Å². The molecular formula is C51H44ClN3O10S2. The molecule has 7 aromatic rings. The molecule has 0 aliphatic carbocycles. The van der Waals surface area contributed by atoms with Crippen LogP contribution in [-0.4, -0.2) is 63.8 Å². The molecule has 9 rings (SSSR count). The molecule has 0 unspecified atom stereocenters. The highest BCUT2D eigenvalue weighted by Gasteiger charge is 2.37. The zero-order chi connectivity index (χ0) is 48.1. The number of aryl methyl sites for hydroxylation is 2. The molecule has 0 atom stereocenters. The van der Waals surface area contributed by atoms with Gasteiger partial charge >= 0.3 is 0 Å². The molecule has 0 saturated heterocycles. The molecule has 0 fully saturated rings. The number of imide groups is 2. The van der Waals surface area contributed by atoms with Crippen molar-refractivity contribution in [2.75, 3.05) is 23.0 Å². The molecule has 0 bridgehead atoms. The summed E-state index contributed by atoms with van der Waals surface area (Å²) in [4.78, 5) is 56.0. The predicted octanol–water partition coefficient (Wildman–Crippen LogP) is 8.77. The van der Waals surface area contributed by atoms with Crippen LogP contribution in [0.4, 0.5) is 11.4 Å². The number of fused-ring (bicyclic) bond motifs is 2. The van der Waals surface area contributed by atoms with Crippen molar-refractivity contribution in [2.24, 2.45) is 0 Å². The van der Waals surface area contributed by atoms with Gasteiger partial charge in [0, 0.05) is 29.7 Å². The maximum atomic E-state index is 12.5. The fourth-order valence-electron chi connectivity index (χ4n) is 6.66. The number of carbonyl (C=O) groups excluding carboxylic acids is 4. The third-order valence-corrected chi connectivity index (χ3v) is 12.9. The summed E-state index contributed by atoms with van der Waals surface area (Å²) in [6.07, 6.45) is 4.43. The van der Waals surface area contributed by atoms with Crippen LogP contribution in [-0.2, 0) is 36.2 Å². The van der Waals surface area contributed by atoms with Crippen LogP contribution in [0.5, 0.6) is 0 Å². The predicted molar refractivity (Wildman–Crippen MR) is 255 cm³/mol. The summed E-state index contributed by atoms with van der Waals surface area (Å²) in [6.45, 7) is 3.82. The van der Waals surface area contributed by atoms with Gasteiger partial charge in [0.15, 0.2) is 0 Å². The largest absolute Gasteiger partial charge is 0.396 e. The zero-order valence-electron chi connectivity index (χ0n) is 36.2. The van der Waals surface area contributed by atoms with Gasteiger partial charge in [0.05, 0.1) is 50.0 Å². The third-order valence-electron chi connectivity index (χ3n) is 10.2. The lowest BCUT2D eigenvalue weighted by molar-refractivity contribution is 0.0910. The van der Waals surface area contributed by atoms with Crippen LogP contribution in [0, 0.1) is 13.8 Å². The van der Waals surface area contributed by atoms with E-state index in [9.17, 15) is 36.0 Å². The molecule has 3 heterocycles. The SMILES string of the molecule is Cc1ccc(S(=O)(=O)Cl)cc1.Cc1ccc(S(=O)(=O)OCCc2ccc(N3C(=O)c4ccccc4C3=O)cc2)cc1.O=C1c2ccccc2C(=O)N1c1ccc(CCO)cc1.c1ccncc1. The molecular weight excluding hydrogens is 914 g/mol. The molecule has 67 heavy (non-hydrogen) atoms. The maximum absolute atomic E-state index is 12.5. The number of hydrogen-bond donors (Lipinski definition) is 1. The van der Waals surface area contributed by atoms with E-state index >= 15 is 0 Å². The Labute approximate surface area is 393 Å². The molecule has 2 aliphatic heterocycles. The Kier molecular flexibility index (Phi) is 16.5. The van der Waals surface area contributed by atoms with Crippen LogP contribution in [0.15, 0.2) is 186 Å². The van der Waals surface area contributed by atoms with E-state index in [1.165, 1.54) is 29.2 Å². The van der Waals surface area contributed by atoms with E-state index in [0.717, 1.165) is 27.2 Å². The molecule has 1 aromatic heterocycles. The molecule has 342 valence electrons. The van der Waals surface area contributed by atoms with Crippen LogP contribution < -0.4 is 9.80 Å². The van der Waals surface area contributed by atoms with Crippen LogP contribution in [0.25, 0.3) is 0 Å². The summed E-state index contributed by atoms with van der Waals surface area (Å²) in [5, 5.41) is 8.88. The van der Waals surface area contributed by atoms with Crippen molar-refractivity contribution in [1.29, 1.82) is 0 Å². The van der Waals surface area contributed by atoms with Crippen molar-refractivity contribution in [3.63, 3.8) is 0 Å². The first kappa shape index (κ1) is 49.3. The van der Waals surface area contributed by atoms with Crippen molar-refractivity contribution < 1.29 is 45.3 Å². The van der Waals surface area contributed by atoms with E-state index < -0.39 is 19.2 Å². The Hall–Kier alpha value is -7.14. The number of aliphatic hydroxyl groups is 1. The number of benzene rings is 6. The smallest absolute Gasteiger partial charge is 0.296 e. The summed E-state index contributed by atoms with van der Waals surface area (Å²) < 4.78 is 51.0.